The van der Waals surface area contributed by atoms with Gasteiger partial charge in [-0.05, 0) is 241 Å². The van der Waals surface area contributed by atoms with Crippen molar-refractivity contribution in [2.75, 3.05) is 0 Å². The summed E-state index contributed by atoms with van der Waals surface area (Å²) in [6.45, 7) is 4.68. The first-order valence-corrected chi connectivity index (χ1v) is 47.3. The first-order chi connectivity index (χ1) is 67.3. The molecule has 0 atom stereocenters. The van der Waals surface area contributed by atoms with Gasteiger partial charge in [-0.1, -0.05) is 347 Å². The molecular weight excluding hydrogens is 1650 g/mol. The van der Waals surface area contributed by atoms with Gasteiger partial charge in [-0.3, -0.25) is 0 Å². The maximum absolute atomic E-state index is 2.46. The van der Waals surface area contributed by atoms with Crippen molar-refractivity contribution < 1.29 is 0 Å². The van der Waals surface area contributed by atoms with Gasteiger partial charge in [0, 0.05) is 104 Å². The van der Waals surface area contributed by atoms with E-state index in [1.54, 1.807) is 0 Å². The SMILES string of the molecule is CC1(C)c2ccccc2-c2cc(-n3c4ccccc4c4cc(-n5c6ccccc6c6ccccc65)ccc43)ccc21.c1ccc(-c2cccc(-c3ccc(-n4c5ccccc5c5cc(-n6c7ccccc7c7ccccc76)ccc54)cc3)c2)cc1.c1ccc2c(c1)-c1ccccc1C21c2ccccc2-c2cc(-n3c4ccccc4c4cc(-n5c6ccccc6c6ccccc65)ccc43)ccc21. The summed E-state index contributed by atoms with van der Waals surface area (Å²) in [7, 11) is 0. The number of hydrogen-bond donors (Lipinski definition) is 0. The fourth-order valence-corrected chi connectivity index (χ4v) is 24.1. The predicted octanol–water partition coefficient (Wildman–Crippen LogP) is 33.6. The van der Waals surface area contributed by atoms with E-state index in [9.17, 15) is 0 Å². The van der Waals surface area contributed by atoms with E-state index < -0.39 is 0 Å². The minimum absolute atomic E-state index is 0.00247. The molecule has 636 valence electrons. The molecule has 6 heterocycles. The zero-order valence-electron chi connectivity index (χ0n) is 74.9. The Labute approximate surface area is 785 Å². The number of aromatic nitrogens is 6. The minimum Gasteiger partial charge on any atom is -0.309 e. The summed E-state index contributed by atoms with van der Waals surface area (Å²) >= 11 is 0. The number of rotatable bonds is 8. The first kappa shape index (κ1) is 77.2. The van der Waals surface area contributed by atoms with Crippen molar-refractivity contribution in [2.24, 2.45) is 0 Å². The molecule has 0 saturated carbocycles. The van der Waals surface area contributed by atoms with Gasteiger partial charge in [0.25, 0.3) is 0 Å². The highest BCUT2D eigenvalue weighted by atomic mass is 15.0. The Hall–Kier alpha value is -17.6. The van der Waals surface area contributed by atoms with Crippen LogP contribution in [0.5, 0.6) is 0 Å². The van der Waals surface area contributed by atoms with Gasteiger partial charge in [-0.2, -0.15) is 0 Å². The zero-order chi connectivity index (χ0) is 89.6. The lowest BCUT2D eigenvalue weighted by molar-refractivity contribution is 0.660. The van der Waals surface area contributed by atoms with Gasteiger partial charge in [0.2, 0.25) is 0 Å². The fourth-order valence-electron chi connectivity index (χ4n) is 24.1. The highest BCUT2D eigenvalue weighted by molar-refractivity contribution is 6.17. The highest BCUT2D eigenvalue weighted by Gasteiger charge is 2.52. The summed E-state index contributed by atoms with van der Waals surface area (Å²) in [5.74, 6) is 0. The van der Waals surface area contributed by atoms with Crippen molar-refractivity contribution in [2.45, 2.75) is 24.7 Å². The lowest BCUT2D eigenvalue weighted by atomic mass is 9.70. The van der Waals surface area contributed by atoms with Gasteiger partial charge >= 0.3 is 0 Å². The van der Waals surface area contributed by atoms with E-state index in [1.165, 1.54) is 248 Å². The van der Waals surface area contributed by atoms with Crippen LogP contribution in [0.1, 0.15) is 47.2 Å². The van der Waals surface area contributed by atoms with Gasteiger partial charge < -0.3 is 27.4 Å². The average molecular weight is 1730 g/mol. The molecule has 6 aromatic heterocycles. The molecule has 6 nitrogen and oxygen atoms in total. The van der Waals surface area contributed by atoms with E-state index in [4.69, 9.17) is 0 Å². The summed E-state index contributed by atoms with van der Waals surface area (Å²) in [4.78, 5) is 0. The second kappa shape index (κ2) is 30.0. The van der Waals surface area contributed by atoms with Crippen molar-refractivity contribution in [3.05, 3.63) is 519 Å². The first-order valence-electron chi connectivity index (χ1n) is 47.3. The summed E-state index contributed by atoms with van der Waals surface area (Å²) in [6, 6.07) is 178. The molecule has 6 heteroatoms. The smallest absolute Gasteiger partial charge is 0.0725 e. The second-order valence-corrected chi connectivity index (χ2v) is 37.3. The molecule has 0 fully saturated rings. The molecule has 0 radical (unpaired) electrons. The lowest BCUT2D eigenvalue weighted by Crippen LogP contribution is -2.25. The van der Waals surface area contributed by atoms with Gasteiger partial charge in [0.15, 0.2) is 0 Å². The lowest BCUT2D eigenvalue weighted by Gasteiger charge is -2.30. The molecular formula is C130H86N6. The van der Waals surface area contributed by atoms with E-state index >= 15 is 0 Å². The summed E-state index contributed by atoms with van der Waals surface area (Å²) in [5.41, 5.74) is 42.5. The van der Waals surface area contributed by atoms with Crippen LogP contribution in [0.4, 0.5) is 0 Å². The largest absolute Gasteiger partial charge is 0.309 e. The number of fused-ring (bicyclic) bond motifs is 31. The summed E-state index contributed by atoms with van der Waals surface area (Å²) in [5, 5.41) is 15.2. The Morgan fingerprint density at radius 1 is 0.132 bits per heavy atom. The van der Waals surface area contributed by atoms with Crippen LogP contribution >= 0.6 is 0 Å². The Balaban J connectivity index is 0.000000102. The normalized spacial score (nSPS) is 13.0. The van der Waals surface area contributed by atoms with Crippen LogP contribution < -0.4 is 0 Å². The van der Waals surface area contributed by atoms with E-state index in [1.807, 2.05) is 0 Å². The molecule has 0 bridgehead atoms. The summed E-state index contributed by atoms with van der Waals surface area (Å²) < 4.78 is 14.5. The van der Waals surface area contributed by atoms with Crippen LogP contribution in [-0.4, -0.2) is 27.4 Å². The number of hydrogen-bond acceptors (Lipinski definition) is 0. The average Bonchev–Trinajstić information content (AvgIpc) is 1.50. The summed E-state index contributed by atoms with van der Waals surface area (Å²) in [6.07, 6.45) is 0. The molecule has 27 aromatic rings. The molecule has 0 saturated heterocycles. The van der Waals surface area contributed by atoms with Crippen LogP contribution in [-0.2, 0) is 10.8 Å². The van der Waals surface area contributed by atoms with Gasteiger partial charge in [-0.25, -0.2) is 0 Å². The molecule has 1 spiro atoms. The quantitative estimate of drug-likeness (QED) is 0.145. The van der Waals surface area contributed by atoms with Crippen molar-refractivity contribution in [1.82, 2.24) is 27.4 Å². The molecule has 0 unspecified atom stereocenters. The third-order valence-electron chi connectivity index (χ3n) is 30.0. The van der Waals surface area contributed by atoms with Gasteiger partial charge in [-0.15, -0.1) is 0 Å². The molecule has 0 aliphatic heterocycles. The van der Waals surface area contributed by atoms with Crippen LogP contribution in [0.25, 0.3) is 221 Å². The monoisotopic (exact) mass is 1730 g/mol. The van der Waals surface area contributed by atoms with Crippen LogP contribution in [0.15, 0.2) is 485 Å². The second-order valence-electron chi connectivity index (χ2n) is 37.3. The minimum atomic E-state index is -0.338. The zero-order valence-corrected chi connectivity index (χ0v) is 74.9. The molecule has 0 N–H and O–H groups in total. The molecule has 3 aliphatic carbocycles. The number of nitrogens with zero attached hydrogens (tertiary/aromatic N) is 6. The third kappa shape index (κ3) is 11.3. The molecule has 30 rings (SSSR count). The Morgan fingerprint density at radius 2 is 0.346 bits per heavy atom. The van der Waals surface area contributed by atoms with Gasteiger partial charge in [0.05, 0.1) is 71.6 Å². The van der Waals surface area contributed by atoms with E-state index in [-0.39, 0.29) is 10.8 Å². The maximum Gasteiger partial charge on any atom is 0.0725 e. The molecule has 3 aliphatic rings. The van der Waals surface area contributed by atoms with Crippen molar-refractivity contribution in [3.63, 3.8) is 0 Å². The predicted molar refractivity (Wildman–Crippen MR) is 570 cm³/mol. The standard InChI is InChI=1S/C49H30N2.C42H28N2.C39H28N2/c1-7-19-41-33(13-1)34-14-2-8-20-42(34)49(41)43-21-9-3-15-35(43)39-29-31(25-27-44(39)49)51-47-24-12-6-18-38(47)40-30-32(26-28-48(40)51)50-45-22-10-4-16-36(45)37-17-5-11-23-46(37)50;1-2-11-29(12-3-1)31-13-10-14-32(27-31)30-21-23-33(24-22-30)43-41-20-9-6-17-37(41)38-28-34(25-26-42(38)43)44-39-18-7-4-15-35(39)36-16-5-8-19-40(36)44;1-39(2)33-15-7-3-11-27(33)31-23-25(19-21-34(31)39)41-37-18-10-6-14-30(37)32-24-26(20-22-38(32)41)40-35-16-8-4-12-28(35)29-13-5-9-17-36(29)40/h1-30H;1-28H;3-24H,1-2H3. The molecule has 136 heavy (non-hydrogen) atoms. The van der Waals surface area contributed by atoms with Crippen molar-refractivity contribution in [1.29, 1.82) is 0 Å². The van der Waals surface area contributed by atoms with Crippen LogP contribution in [0.3, 0.4) is 0 Å². The fraction of sp³-hybridized carbons (Fsp3) is 0.0308. The Kier molecular flexibility index (Phi) is 17.0. The van der Waals surface area contributed by atoms with Crippen molar-refractivity contribution >= 4 is 131 Å². The third-order valence-corrected chi connectivity index (χ3v) is 30.0. The van der Waals surface area contributed by atoms with Gasteiger partial charge in [0.1, 0.15) is 0 Å². The topological polar surface area (TPSA) is 29.6 Å². The highest BCUT2D eigenvalue weighted by Crippen LogP contribution is 2.63. The van der Waals surface area contributed by atoms with E-state index in [0.717, 1.165) is 5.69 Å². The number of benzene rings is 21. The van der Waals surface area contributed by atoms with Crippen molar-refractivity contribution in [3.8, 4) is 89.8 Å². The maximum atomic E-state index is 2.46. The van der Waals surface area contributed by atoms with Crippen LogP contribution in [0.2, 0.25) is 0 Å². The van der Waals surface area contributed by atoms with E-state index in [0.29, 0.717) is 0 Å². The molecule has 0 amide bonds. The van der Waals surface area contributed by atoms with E-state index in [2.05, 4.69) is 527 Å². The Bertz CT molecular complexity index is 9470. The number of para-hydroxylation sites is 9. The molecule has 21 aromatic carbocycles. The van der Waals surface area contributed by atoms with Crippen LogP contribution in [0, 0.1) is 0 Å². The Morgan fingerprint density at radius 3 is 0.699 bits per heavy atom.